The molecule has 0 fully saturated rings. The standard InChI is InChI=1S/C38H41N5O8/c39-23-34(46)40-30(21-26-11-15-28(44)16-12-26)35(47)41-31(19-24-7-3-1-4-8-24)36(48)42-32(20-25-9-5-2-6-10-25)37(49)43-33(38(50)51)22-27-13-17-29(45)18-14-27/h1-18,30-33,44-45H,19-23,39H2,(H,40,46)(H,41,47)(H,42,48)(H,43,49)(H,50,51)/t30-,31-,32-,33-/m1/s1. The number of carboxylic acid groups (broad SMARTS) is 1. The predicted molar refractivity (Wildman–Crippen MR) is 188 cm³/mol. The highest BCUT2D eigenvalue weighted by Crippen LogP contribution is 2.14. The minimum Gasteiger partial charge on any atom is -0.508 e. The molecule has 266 valence electrons. The molecule has 9 N–H and O–H groups in total. The summed E-state index contributed by atoms with van der Waals surface area (Å²) in [5.41, 5.74) is 8.06. The molecule has 4 rings (SSSR count). The number of carbonyl (C=O) groups excluding carboxylic acids is 4. The predicted octanol–water partition coefficient (Wildman–Crippen LogP) is 1.35. The van der Waals surface area contributed by atoms with E-state index in [0.29, 0.717) is 22.3 Å². The fourth-order valence-electron chi connectivity index (χ4n) is 5.33. The number of carboxylic acids is 1. The van der Waals surface area contributed by atoms with E-state index in [9.17, 15) is 39.3 Å². The molecular weight excluding hydrogens is 654 g/mol. The quantitative estimate of drug-likeness (QED) is 0.0798. The smallest absolute Gasteiger partial charge is 0.326 e. The summed E-state index contributed by atoms with van der Waals surface area (Å²) in [7, 11) is 0. The number of nitrogens with two attached hydrogens (primary N) is 1. The normalized spacial score (nSPS) is 13.1. The first-order chi connectivity index (χ1) is 24.5. The van der Waals surface area contributed by atoms with Gasteiger partial charge in [-0.2, -0.15) is 0 Å². The second-order valence-electron chi connectivity index (χ2n) is 12.0. The summed E-state index contributed by atoms with van der Waals surface area (Å²) in [6, 6.07) is 24.7. The Labute approximate surface area is 294 Å². The van der Waals surface area contributed by atoms with E-state index in [1.54, 1.807) is 84.9 Å². The van der Waals surface area contributed by atoms with Crippen molar-refractivity contribution in [2.45, 2.75) is 49.9 Å². The maximum atomic E-state index is 14.0. The molecule has 0 spiro atoms. The number of hydrogen-bond donors (Lipinski definition) is 8. The van der Waals surface area contributed by atoms with Crippen molar-refractivity contribution < 1.29 is 39.3 Å². The number of hydrogen-bond acceptors (Lipinski definition) is 8. The van der Waals surface area contributed by atoms with Crippen LogP contribution in [0.3, 0.4) is 0 Å². The summed E-state index contributed by atoms with van der Waals surface area (Å²) in [4.78, 5) is 66.0. The van der Waals surface area contributed by atoms with Gasteiger partial charge in [-0.3, -0.25) is 19.2 Å². The Balaban J connectivity index is 1.59. The molecule has 0 aliphatic rings. The number of carbonyl (C=O) groups is 5. The van der Waals surface area contributed by atoms with Gasteiger partial charge >= 0.3 is 5.97 Å². The van der Waals surface area contributed by atoms with Crippen LogP contribution in [-0.2, 0) is 49.7 Å². The van der Waals surface area contributed by atoms with Gasteiger partial charge in [0.2, 0.25) is 23.6 Å². The molecule has 13 nitrogen and oxygen atoms in total. The van der Waals surface area contributed by atoms with Crippen molar-refractivity contribution in [2.75, 3.05) is 6.54 Å². The maximum absolute atomic E-state index is 14.0. The van der Waals surface area contributed by atoms with Crippen LogP contribution in [0, 0.1) is 0 Å². The third-order valence-corrected chi connectivity index (χ3v) is 8.04. The van der Waals surface area contributed by atoms with Crippen molar-refractivity contribution in [3.63, 3.8) is 0 Å². The van der Waals surface area contributed by atoms with Crippen molar-refractivity contribution >= 4 is 29.6 Å². The summed E-state index contributed by atoms with van der Waals surface area (Å²) in [5, 5.41) is 39.8. The van der Waals surface area contributed by atoms with Crippen molar-refractivity contribution in [1.29, 1.82) is 0 Å². The van der Waals surface area contributed by atoms with Crippen LogP contribution in [0.2, 0.25) is 0 Å². The van der Waals surface area contributed by atoms with Gasteiger partial charge < -0.3 is 42.3 Å². The van der Waals surface area contributed by atoms with Gasteiger partial charge in [0, 0.05) is 25.7 Å². The first-order valence-electron chi connectivity index (χ1n) is 16.3. The summed E-state index contributed by atoms with van der Waals surface area (Å²) in [5.74, 6) is -4.04. The monoisotopic (exact) mass is 695 g/mol. The average Bonchev–Trinajstić information content (AvgIpc) is 3.12. The SMILES string of the molecule is NCC(=O)N[C@H](Cc1ccc(O)cc1)C(=O)N[C@H](Cc1ccccc1)C(=O)N[C@H](Cc1ccccc1)C(=O)N[C@H](Cc1ccc(O)cc1)C(=O)O. The number of benzene rings is 4. The Morgan fingerprint density at radius 3 is 1.14 bits per heavy atom. The fraction of sp³-hybridized carbons (Fsp3) is 0.237. The van der Waals surface area contributed by atoms with E-state index in [2.05, 4.69) is 21.3 Å². The number of amides is 4. The van der Waals surface area contributed by atoms with E-state index in [-0.39, 0.29) is 43.7 Å². The minimum atomic E-state index is -1.36. The largest absolute Gasteiger partial charge is 0.508 e. The van der Waals surface area contributed by atoms with E-state index in [1.165, 1.54) is 24.3 Å². The summed E-state index contributed by atoms with van der Waals surface area (Å²) in [6.07, 6.45) is -0.0371. The lowest BCUT2D eigenvalue weighted by molar-refractivity contribution is -0.142. The number of aromatic hydroxyl groups is 2. The molecule has 51 heavy (non-hydrogen) atoms. The Morgan fingerprint density at radius 2 is 0.784 bits per heavy atom. The molecule has 0 aromatic heterocycles. The molecule has 0 saturated carbocycles. The molecular formula is C38H41N5O8. The maximum Gasteiger partial charge on any atom is 0.326 e. The second kappa shape index (κ2) is 18.5. The Hall–Kier alpha value is -6.21. The van der Waals surface area contributed by atoms with Crippen LogP contribution in [-0.4, -0.2) is 75.6 Å². The first kappa shape index (κ1) is 37.6. The molecule has 0 saturated heterocycles. The molecule has 4 aromatic rings. The molecule has 4 atom stereocenters. The van der Waals surface area contributed by atoms with Crippen LogP contribution in [0.1, 0.15) is 22.3 Å². The first-order valence-corrected chi connectivity index (χ1v) is 16.3. The molecule has 0 bridgehead atoms. The van der Waals surface area contributed by atoms with Crippen LogP contribution < -0.4 is 27.0 Å². The van der Waals surface area contributed by atoms with Crippen molar-refractivity contribution in [3.05, 3.63) is 131 Å². The Morgan fingerprint density at radius 1 is 0.471 bits per heavy atom. The zero-order chi connectivity index (χ0) is 36.8. The van der Waals surface area contributed by atoms with Gasteiger partial charge in [0.05, 0.1) is 6.54 Å². The van der Waals surface area contributed by atoms with E-state index in [0.717, 1.165) is 0 Å². The second-order valence-corrected chi connectivity index (χ2v) is 12.0. The van der Waals surface area contributed by atoms with E-state index < -0.39 is 53.8 Å². The number of rotatable bonds is 17. The van der Waals surface area contributed by atoms with Crippen LogP contribution in [0.25, 0.3) is 0 Å². The lowest BCUT2D eigenvalue weighted by atomic mass is 10.0. The highest BCUT2D eigenvalue weighted by molar-refractivity contribution is 5.95. The van der Waals surface area contributed by atoms with E-state index in [4.69, 9.17) is 5.73 Å². The average molecular weight is 696 g/mol. The minimum absolute atomic E-state index is 0.00545. The van der Waals surface area contributed by atoms with Gasteiger partial charge in [-0.25, -0.2) is 4.79 Å². The number of aliphatic carboxylic acids is 1. The lowest BCUT2D eigenvalue weighted by Gasteiger charge is -2.26. The molecule has 0 aliphatic heterocycles. The van der Waals surface area contributed by atoms with Gasteiger partial charge in [0.25, 0.3) is 0 Å². The van der Waals surface area contributed by atoms with Crippen LogP contribution in [0.15, 0.2) is 109 Å². The Bertz CT molecular complexity index is 1770. The molecule has 4 amide bonds. The molecule has 13 heteroatoms. The highest BCUT2D eigenvalue weighted by Gasteiger charge is 2.32. The number of nitrogens with one attached hydrogen (secondary N) is 4. The van der Waals surface area contributed by atoms with Crippen LogP contribution in [0.4, 0.5) is 0 Å². The fourth-order valence-corrected chi connectivity index (χ4v) is 5.33. The van der Waals surface area contributed by atoms with Crippen molar-refractivity contribution in [2.24, 2.45) is 5.73 Å². The summed E-state index contributed by atoms with van der Waals surface area (Å²) >= 11 is 0. The van der Waals surface area contributed by atoms with E-state index in [1.807, 2.05) is 0 Å². The molecule has 0 heterocycles. The third kappa shape index (κ3) is 12.0. The van der Waals surface area contributed by atoms with Crippen LogP contribution in [0.5, 0.6) is 11.5 Å². The van der Waals surface area contributed by atoms with Gasteiger partial charge in [-0.05, 0) is 46.5 Å². The zero-order valence-corrected chi connectivity index (χ0v) is 27.7. The number of phenolic OH excluding ortho intramolecular Hbond substituents is 2. The Kier molecular flexibility index (Phi) is 13.7. The molecule has 0 aliphatic carbocycles. The topological polar surface area (TPSA) is 220 Å². The number of phenols is 2. The van der Waals surface area contributed by atoms with Crippen molar-refractivity contribution in [1.82, 2.24) is 21.3 Å². The van der Waals surface area contributed by atoms with Gasteiger partial charge in [-0.15, -0.1) is 0 Å². The van der Waals surface area contributed by atoms with Crippen LogP contribution >= 0.6 is 0 Å². The highest BCUT2D eigenvalue weighted by atomic mass is 16.4. The van der Waals surface area contributed by atoms with Gasteiger partial charge in [-0.1, -0.05) is 84.9 Å². The van der Waals surface area contributed by atoms with Gasteiger partial charge in [0.1, 0.15) is 35.7 Å². The molecule has 4 aromatic carbocycles. The molecule has 0 unspecified atom stereocenters. The van der Waals surface area contributed by atoms with Crippen molar-refractivity contribution in [3.8, 4) is 11.5 Å². The lowest BCUT2D eigenvalue weighted by Crippen LogP contribution is -2.59. The third-order valence-electron chi connectivity index (χ3n) is 8.04. The summed E-state index contributed by atoms with van der Waals surface area (Å²) in [6.45, 7) is -0.381. The molecule has 0 radical (unpaired) electrons. The zero-order valence-electron chi connectivity index (χ0n) is 27.7. The van der Waals surface area contributed by atoms with E-state index >= 15 is 0 Å². The summed E-state index contributed by atoms with van der Waals surface area (Å²) < 4.78 is 0. The van der Waals surface area contributed by atoms with Gasteiger partial charge in [0.15, 0.2) is 0 Å².